The Morgan fingerprint density at radius 1 is 1.20 bits per heavy atom. The van der Waals surface area contributed by atoms with Crippen molar-refractivity contribution in [3.63, 3.8) is 0 Å². The molecule has 0 fully saturated rings. The molecule has 20 heavy (non-hydrogen) atoms. The van der Waals surface area contributed by atoms with Gasteiger partial charge in [0.25, 0.3) is 0 Å². The number of thiophene rings is 1. The normalized spacial score (nSPS) is 10.7. The van der Waals surface area contributed by atoms with Crippen molar-refractivity contribution in [2.45, 2.75) is 6.54 Å². The minimum atomic E-state index is 0.440. The van der Waals surface area contributed by atoms with Crippen LogP contribution in [-0.4, -0.2) is 17.0 Å². The molecule has 0 aliphatic carbocycles. The highest BCUT2D eigenvalue weighted by atomic mass is 32.1. The summed E-state index contributed by atoms with van der Waals surface area (Å²) < 4.78 is 0. The molecule has 3 rings (SSSR count). The summed E-state index contributed by atoms with van der Waals surface area (Å²) in [5.74, 6) is 6.76. The van der Waals surface area contributed by atoms with Crippen molar-refractivity contribution in [3.8, 4) is 0 Å². The summed E-state index contributed by atoms with van der Waals surface area (Å²) in [6.45, 7) is 0.785. The summed E-state index contributed by atoms with van der Waals surface area (Å²) >= 11 is 1.58. The highest BCUT2D eigenvalue weighted by Gasteiger charge is 2.12. The number of nitrogens with one attached hydrogen (secondary N) is 1. The third-order valence-corrected chi connectivity index (χ3v) is 3.86. The number of nitrogen functional groups attached to an aromatic ring is 1. The predicted molar refractivity (Wildman–Crippen MR) is 83.8 cm³/mol. The monoisotopic (exact) mass is 285 g/mol. The summed E-state index contributed by atoms with van der Waals surface area (Å²) in [6.07, 6.45) is 0. The molecule has 0 amide bonds. The third-order valence-electron chi connectivity index (χ3n) is 3.06. The van der Waals surface area contributed by atoms with Crippen LogP contribution in [-0.2, 0) is 6.54 Å². The molecule has 102 valence electrons. The van der Waals surface area contributed by atoms with E-state index in [2.05, 4.69) is 32.4 Å². The molecule has 0 saturated heterocycles. The average molecular weight is 285 g/mol. The molecule has 0 aliphatic rings. The number of hydrogen-bond acceptors (Lipinski definition) is 6. The maximum Gasteiger partial charge on any atom is 0.240 e. The van der Waals surface area contributed by atoms with Crippen LogP contribution in [0.2, 0.25) is 0 Å². The van der Waals surface area contributed by atoms with Crippen LogP contribution in [0.5, 0.6) is 0 Å². The van der Waals surface area contributed by atoms with Gasteiger partial charge in [-0.2, -0.15) is 4.98 Å². The van der Waals surface area contributed by atoms with E-state index in [1.54, 1.807) is 11.3 Å². The topological polar surface area (TPSA) is 67.1 Å². The number of aromatic nitrogens is 2. The number of anilines is 2. The largest absolute Gasteiger partial charge is 0.355 e. The van der Waals surface area contributed by atoms with Gasteiger partial charge in [-0.3, -0.25) is 5.43 Å². The van der Waals surface area contributed by atoms with Gasteiger partial charge in [-0.05, 0) is 17.0 Å². The number of fused-ring (bicyclic) bond motifs is 1. The molecule has 0 saturated carbocycles. The molecule has 0 atom stereocenters. The van der Waals surface area contributed by atoms with Gasteiger partial charge in [-0.25, -0.2) is 10.8 Å². The minimum absolute atomic E-state index is 0.440. The molecule has 0 radical (unpaired) electrons. The van der Waals surface area contributed by atoms with Crippen molar-refractivity contribution < 1.29 is 0 Å². The van der Waals surface area contributed by atoms with E-state index in [1.165, 1.54) is 5.56 Å². The summed E-state index contributed by atoms with van der Waals surface area (Å²) in [5, 5.41) is 3.06. The lowest BCUT2D eigenvalue weighted by atomic mass is 10.2. The fraction of sp³-hybridized carbons (Fsp3) is 0.143. The van der Waals surface area contributed by atoms with Crippen molar-refractivity contribution in [1.29, 1.82) is 0 Å². The zero-order valence-electron chi connectivity index (χ0n) is 11.1. The van der Waals surface area contributed by atoms with Gasteiger partial charge in [-0.1, -0.05) is 30.3 Å². The number of rotatable bonds is 4. The third kappa shape index (κ3) is 2.43. The second-order valence-electron chi connectivity index (χ2n) is 4.50. The van der Waals surface area contributed by atoms with Gasteiger partial charge in [0.2, 0.25) is 5.95 Å². The Kier molecular flexibility index (Phi) is 3.49. The first-order valence-electron chi connectivity index (χ1n) is 6.25. The molecule has 0 unspecified atom stereocenters. The van der Waals surface area contributed by atoms with E-state index in [0.29, 0.717) is 5.95 Å². The van der Waals surface area contributed by atoms with Gasteiger partial charge < -0.3 is 4.90 Å². The molecule has 6 heteroatoms. The van der Waals surface area contributed by atoms with Crippen LogP contribution >= 0.6 is 11.3 Å². The zero-order chi connectivity index (χ0) is 13.9. The number of hydrazine groups is 1. The first-order valence-corrected chi connectivity index (χ1v) is 7.13. The Morgan fingerprint density at radius 3 is 2.75 bits per heavy atom. The summed E-state index contributed by atoms with van der Waals surface area (Å²) in [7, 11) is 2.02. The minimum Gasteiger partial charge on any atom is -0.355 e. The maximum absolute atomic E-state index is 5.44. The molecule has 0 bridgehead atoms. The Hall–Kier alpha value is -2.18. The van der Waals surface area contributed by atoms with E-state index in [1.807, 2.05) is 36.7 Å². The Morgan fingerprint density at radius 2 is 2.00 bits per heavy atom. The Bertz CT molecular complexity index is 710. The lowest BCUT2D eigenvalue weighted by Gasteiger charge is -2.19. The molecule has 0 aliphatic heterocycles. The lowest BCUT2D eigenvalue weighted by molar-refractivity contribution is 0.901. The standard InChI is InChI=1S/C14H15N5S/c1-19(9-10-5-3-2-4-6-10)12-11-7-8-20-13(11)17-14(16-12)18-15/h2-8H,9,15H2,1H3,(H,16,17,18). The van der Waals surface area contributed by atoms with Crippen LogP contribution in [0.3, 0.4) is 0 Å². The van der Waals surface area contributed by atoms with Crippen LogP contribution in [0.1, 0.15) is 5.56 Å². The zero-order valence-corrected chi connectivity index (χ0v) is 11.9. The van der Waals surface area contributed by atoms with E-state index in [9.17, 15) is 0 Å². The Balaban J connectivity index is 1.98. The molecular formula is C14H15N5S. The van der Waals surface area contributed by atoms with E-state index in [-0.39, 0.29) is 0 Å². The van der Waals surface area contributed by atoms with Crippen molar-refractivity contribution in [2.75, 3.05) is 17.4 Å². The fourth-order valence-corrected chi connectivity index (χ4v) is 2.89. The van der Waals surface area contributed by atoms with Gasteiger partial charge in [0.05, 0.1) is 5.39 Å². The molecule has 2 aromatic heterocycles. The van der Waals surface area contributed by atoms with Crippen molar-refractivity contribution in [3.05, 3.63) is 47.3 Å². The van der Waals surface area contributed by atoms with Gasteiger partial charge in [-0.15, -0.1) is 11.3 Å². The quantitative estimate of drug-likeness (QED) is 0.570. The van der Waals surface area contributed by atoms with Gasteiger partial charge in [0.1, 0.15) is 10.6 Å². The number of nitrogens with zero attached hydrogens (tertiary/aromatic N) is 3. The lowest BCUT2D eigenvalue weighted by Crippen LogP contribution is -2.19. The molecule has 2 heterocycles. The first-order chi connectivity index (χ1) is 9.78. The molecule has 0 spiro atoms. The van der Waals surface area contributed by atoms with Crippen molar-refractivity contribution in [2.24, 2.45) is 5.84 Å². The molecule has 3 N–H and O–H groups in total. The second-order valence-corrected chi connectivity index (χ2v) is 5.39. The van der Waals surface area contributed by atoms with Crippen molar-refractivity contribution >= 4 is 33.3 Å². The highest BCUT2D eigenvalue weighted by Crippen LogP contribution is 2.29. The van der Waals surface area contributed by atoms with Crippen LogP contribution in [0.4, 0.5) is 11.8 Å². The number of hydrogen-bond donors (Lipinski definition) is 2. The van der Waals surface area contributed by atoms with Gasteiger partial charge in [0.15, 0.2) is 0 Å². The van der Waals surface area contributed by atoms with Crippen LogP contribution in [0, 0.1) is 0 Å². The van der Waals surface area contributed by atoms with Gasteiger partial charge >= 0.3 is 0 Å². The average Bonchev–Trinajstić information content (AvgIpc) is 2.95. The summed E-state index contributed by atoms with van der Waals surface area (Å²) in [5.41, 5.74) is 3.76. The van der Waals surface area contributed by atoms with Crippen LogP contribution in [0.25, 0.3) is 10.2 Å². The number of benzene rings is 1. The van der Waals surface area contributed by atoms with E-state index in [0.717, 1.165) is 22.6 Å². The van der Waals surface area contributed by atoms with Crippen LogP contribution in [0.15, 0.2) is 41.8 Å². The molecular weight excluding hydrogens is 270 g/mol. The van der Waals surface area contributed by atoms with E-state index < -0.39 is 0 Å². The molecule has 3 aromatic rings. The predicted octanol–water partition coefficient (Wildman–Crippen LogP) is 2.61. The fourth-order valence-electron chi connectivity index (χ4n) is 2.13. The van der Waals surface area contributed by atoms with E-state index >= 15 is 0 Å². The van der Waals surface area contributed by atoms with Crippen LogP contribution < -0.4 is 16.2 Å². The molecule has 5 nitrogen and oxygen atoms in total. The summed E-state index contributed by atoms with van der Waals surface area (Å²) in [6, 6.07) is 12.3. The maximum atomic E-state index is 5.44. The first kappa shape index (κ1) is 12.8. The number of nitrogens with two attached hydrogens (primary N) is 1. The van der Waals surface area contributed by atoms with E-state index in [4.69, 9.17) is 5.84 Å². The second kappa shape index (κ2) is 5.44. The SMILES string of the molecule is CN(Cc1ccccc1)c1nc(NN)nc2sccc12. The van der Waals surface area contributed by atoms with Crippen molar-refractivity contribution in [1.82, 2.24) is 9.97 Å². The molecule has 1 aromatic carbocycles. The highest BCUT2D eigenvalue weighted by molar-refractivity contribution is 7.16. The smallest absolute Gasteiger partial charge is 0.240 e. The summed E-state index contributed by atoms with van der Waals surface area (Å²) in [4.78, 5) is 11.9. The Labute approximate surface area is 121 Å². The van der Waals surface area contributed by atoms with Gasteiger partial charge in [0, 0.05) is 13.6 Å².